The van der Waals surface area contributed by atoms with E-state index in [0.717, 1.165) is 5.56 Å². The molecule has 0 bridgehead atoms. The summed E-state index contributed by atoms with van der Waals surface area (Å²) in [5.74, 6) is -2.00. The van der Waals surface area contributed by atoms with Crippen LogP contribution in [0, 0.1) is 5.92 Å². The molecule has 0 saturated carbocycles. The van der Waals surface area contributed by atoms with Crippen molar-refractivity contribution in [3.8, 4) is 11.5 Å². The van der Waals surface area contributed by atoms with E-state index in [2.05, 4.69) is 0 Å². The van der Waals surface area contributed by atoms with Gasteiger partial charge in [-0.2, -0.15) is 0 Å². The largest absolute Gasteiger partial charge is 0.507 e. The van der Waals surface area contributed by atoms with E-state index in [1.165, 1.54) is 24.1 Å². The van der Waals surface area contributed by atoms with Crippen LogP contribution in [0.4, 0.5) is 0 Å². The molecular formula is C19H19NO5. The van der Waals surface area contributed by atoms with Crippen molar-refractivity contribution in [2.24, 2.45) is 5.92 Å². The minimum atomic E-state index is -0.931. The molecule has 0 spiro atoms. The zero-order chi connectivity index (χ0) is 18.0. The third kappa shape index (κ3) is 3.28. The van der Waals surface area contributed by atoms with E-state index in [-0.39, 0.29) is 30.3 Å². The van der Waals surface area contributed by atoms with Crippen LogP contribution in [0.2, 0.25) is 0 Å². The van der Waals surface area contributed by atoms with Crippen LogP contribution in [0.15, 0.2) is 48.5 Å². The number of rotatable bonds is 4. The third-order valence-electron chi connectivity index (χ3n) is 4.59. The summed E-state index contributed by atoms with van der Waals surface area (Å²) in [5.41, 5.74) is 0.997. The van der Waals surface area contributed by atoms with Crippen LogP contribution in [0.1, 0.15) is 21.8 Å². The van der Waals surface area contributed by atoms with Gasteiger partial charge in [0.15, 0.2) is 0 Å². The normalized spacial score (nSPS) is 19.6. The van der Waals surface area contributed by atoms with Crippen molar-refractivity contribution >= 4 is 11.9 Å². The Balaban J connectivity index is 1.89. The molecule has 2 aromatic carbocycles. The lowest BCUT2D eigenvalue weighted by Gasteiger charge is -2.17. The SMILES string of the molecule is COc1ccc(O)c(C(=O)N2CC(C(=O)O)C(c3ccccc3)C2)c1. The van der Waals surface area contributed by atoms with Crippen LogP contribution in [-0.4, -0.2) is 47.2 Å². The van der Waals surface area contributed by atoms with Gasteiger partial charge in [0.2, 0.25) is 0 Å². The Kier molecular flexibility index (Phi) is 4.61. The highest BCUT2D eigenvalue weighted by molar-refractivity contribution is 5.98. The topological polar surface area (TPSA) is 87.1 Å². The Morgan fingerprint density at radius 2 is 1.84 bits per heavy atom. The molecule has 2 unspecified atom stereocenters. The summed E-state index contributed by atoms with van der Waals surface area (Å²) in [6.45, 7) is 0.390. The van der Waals surface area contributed by atoms with Crippen molar-refractivity contribution in [3.05, 3.63) is 59.7 Å². The number of carboxylic acids is 1. The highest BCUT2D eigenvalue weighted by atomic mass is 16.5. The Morgan fingerprint density at radius 3 is 2.48 bits per heavy atom. The lowest BCUT2D eigenvalue weighted by Crippen LogP contribution is -2.30. The third-order valence-corrected chi connectivity index (χ3v) is 4.59. The number of carbonyl (C=O) groups is 2. The van der Waals surface area contributed by atoms with Crippen molar-refractivity contribution in [3.63, 3.8) is 0 Å². The van der Waals surface area contributed by atoms with Gasteiger partial charge >= 0.3 is 5.97 Å². The molecule has 3 rings (SSSR count). The van der Waals surface area contributed by atoms with Gasteiger partial charge in [0.1, 0.15) is 11.5 Å². The van der Waals surface area contributed by atoms with Crippen molar-refractivity contribution in [2.75, 3.05) is 20.2 Å². The van der Waals surface area contributed by atoms with Crippen LogP contribution < -0.4 is 4.74 Å². The van der Waals surface area contributed by atoms with Crippen LogP contribution >= 0.6 is 0 Å². The van der Waals surface area contributed by atoms with Crippen molar-refractivity contribution in [2.45, 2.75) is 5.92 Å². The number of nitrogens with zero attached hydrogens (tertiary/aromatic N) is 1. The second-order valence-corrected chi connectivity index (χ2v) is 6.06. The molecule has 0 aliphatic carbocycles. The zero-order valence-electron chi connectivity index (χ0n) is 13.8. The molecule has 2 N–H and O–H groups in total. The predicted octanol–water partition coefficient (Wildman–Crippen LogP) is 2.34. The van der Waals surface area contributed by atoms with Crippen molar-refractivity contribution in [1.29, 1.82) is 0 Å². The monoisotopic (exact) mass is 341 g/mol. The predicted molar refractivity (Wildman–Crippen MR) is 90.9 cm³/mol. The number of aromatic hydroxyl groups is 1. The number of aliphatic carboxylic acids is 1. The summed E-state index contributed by atoms with van der Waals surface area (Å²) in [4.78, 5) is 25.9. The highest BCUT2D eigenvalue weighted by Crippen LogP contribution is 2.35. The Hall–Kier alpha value is -3.02. The van der Waals surface area contributed by atoms with Gasteiger partial charge < -0.3 is 19.8 Å². The molecule has 130 valence electrons. The summed E-state index contributed by atoms with van der Waals surface area (Å²) in [6.07, 6.45) is 0. The number of amides is 1. The van der Waals surface area contributed by atoms with E-state index in [4.69, 9.17) is 4.74 Å². The molecule has 2 aromatic rings. The van der Waals surface area contributed by atoms with Gasteiger partial charge in [0.25, 0.3) is 5.91 Å². The Morgan fingerprint density at radius 1 is 1.12 bits per heavy atom. The van der Waals surface area contributed by atoms with E-state index < -0.39 is 17.8 Å². The fraction of sp³-hybridized carbons (Fsp3) is 0.263. The summed E-state index contributed by atoms with van der Waals surface area (Å²) in [5, 5.41) is 19.5. The highest BCUT2D eigenvalue weighted by Gasteiger charge is 2.41. The number of phenolic OH excluding ortho intramolecular Hbond substituents is 1. The van der Waals surface area contributed by atoms with Crippen LogP contribution in [0.3, 0.4) is 0 Å². The van der Waals surface area contributed by atoms with Gasteiger partial charge in [-0.1, -0.05) is 30.3 Å². The van der Waals surface area contributed by atoms with Gasteiger partial charge in [-0.25, -0.2) is 0 Å². The van der Waals surface area contributed by atoms with E-state index >= 15 is 0 Å². The molecular weight excluding hydrogens is 322 g/mol. The minimum absolute atomic E-state index is 0.102. The zero-order valence-corrected chi connectivity index (χ0v) is 13.8. The summed E-state index contributed by atoms with van der Waals surface area (Å²) < 4.78 is 5.10. The van der Waals surface area contributed by atoms with Gasteiger partial charge in [0.05, 0.1) is 18.6 Å². The molecule has 2 atom stereocenters. The average molecular weight is 341 g/mol. The van der Waals surface area contributed by atoms with E-state index in [1.807, 2.05) is 30.3 Å². The van der Waals surface area contributed by atoms with Gasteiger partial charge in [-0.3, -0.25) is 9.59 Å². The Bertz CT molecular complexity index is 790. The fourth-order valence-corrected chi connectivity index (χ4v) is 3.24. The second-order valence-electron chi connectivity index (χ2n) is 6.06. The molecule has 1 aliphatic heterocycles. The number of benzene rings is 2. The maximum atomic E-state index is 12.8. The van der Waals surface area contributed by atoms with Crippen LogP contribution in [-0.2, 0) is 4.79 Å². The second kappa shape index (κ2) is 6.84. The van der Waals surface area contributed by atoms with Crippen molar-refractivity contribution < 1.29 is 24.5 Å². The summed E-state index contributed by atoms with van der Waals surface area (Å²) in [7, 11) is 1.47. The van der Waals surface area contributed by atoms with Gasteiger partial charge in [0, 0.05) is 19.0 Å². The number of hydrogen-bond acceptors (Lipinski definition) is 4. The smallest absolute Gasteiger partial charge is 0.308 e. The molecule has 0 radical (unpaired) electrons. The lowest BCUT2D eigenvalue weighted by molar-refractivity contribution is -0.141. The maximum Gasteiger partial charge on any atom is 0.308 e. The molecule has 6 nitrogen and oxygen atoms in total. The first-order valence-electron chi connectivity index (χ1n) is 7.95. The fourth-order valence-electron chi connectivity index (χ4n) is 3.24. The number of ether oxygens (including phenoxy) is 1. The summed E-state index contributed by atoms with van der Waals surface area (Å²) >= 11 is 0. The first-order valence-corrected chi connectivity index (χ1v) is 7.95. The average Bonchev–Trinajstić information content (AvgIpc) is 3.08. The minimum Gasteiger partial charge on any atom is -0.507 e. The van der Waals surface area contributed by atoms with Gasteiger partial charge in [-0.05, 0) is 23.8 Å². The number of carboxylic acid groups (broad SMARTS) is 1. The molecule has 25 heavy (non-hydrogen) atoms. The van der Waals surface area contributed by atoms with E-state index in [9.17, 15) is 19.8 Å². The molecule has 1 saturated heterocycles. The van der Waals surface area contributed by atoms with Crippen molar-refractivity contribution in [1.82, 2.24) is 4.90 Å². The van der Waals surface area contributed by atoms with Crippen LogP contribution in [0.25, 0.3) is 0 Å². The number of phenols is 1. The summed E-state index contributed by atoms with van der Waals surface area (Å²) in [6, 6.07) is 13.7. The van der Waals surface area contributed by atoms with Crippen LogP contribution in [0.5, 0.6) is 11.5 Å². The molecule has 0 aromatic heterocycles. The first kappa shape index (κ1) is 16.8. The molecule has 1 amide bonds. The molecule has 1 aliphatic rings. The number of carbonyl (C=O) groups excluding carboxylic acids is 1. The quantitative estimate of drug-likeness (QED) is 0.891. The maximum absolute atomic E-state index is 12.8. The van der Waals surface area contributed by atoms with Gasteiger partial charge in [-0.15, -0.1) is 0 Å². The molecule has 1 fully saturated rings. The number of hydrogen-bond donors (Lipinski definition) is 2. The number of methoxy groups -OCH3 is 1. The van der Waals surface area contributed by atoms with E-state index in [0.29, 0.717) is 5.75 Å². The van der Waals surface area contributed by atoms with E-state index in [1.54, 1.807) is 6.07 Å². The lowest BCUT2D eigenvalue weighted by atomic mass is 9.89. The molecule has 6 heteroatoms. The first-order chi connectivity index (χ1) is 12.0. The molecule has 1 heterocycles. The Labute approximate surface area is 145 Å². The standard InChI is InChI=1S/C19H19NO5/c1-25-13-7-8-17(21)14(9-13)18(22)20-10-15(16(11-20)19(23)24)12-5-3-2-4-6-12/h2-9,15-16,21H,10-11H2,1H3,(H,23,24). The number of likely N-dealkylation sites (tertiary alicyclic amines) is 1.